The van der Waals surface area contributed by atoms with E-state index in [0.717, 1.165) is 11.1 Å². The summed E-state index contributed by atoms with van der Waals surface area (Å²) in [6, 6.07) is 19.8. The fourth-order valence-electron chi connectivity index (χ4n) is 2.23. The van der Waals surface area contributed by atoms with Gasteiger partial charge in [0, 0.05) is 0 Å². The van der Waals surface area contributed by atoms with Crippen molar-refractivity contribution in [3.05, 3.63) is 71.8 Å². The zero-order valence-corrected chi connectivity index (χ0v) is 11.6. The zero-order chi connectivity index (χ0) is 13.2. The zero-order valence-electron chi connectivity index (χ0n) is 10.7. The van der Waals surface area contributed by atoms with Crippen molar-refractivity contribution in [1.82, 2.24) is 0 Å². The molecule has 0 aromatic heterocycles. The Balaban J connectivity index is 2.63. The Hall–Kier alpha value is -1.25. The minimum atomic E-state index is -0.973. The summed E-state index contributed by atoms with van der Waals surface area (Å²) in [7, 11) is 0. The molecule has 0 aliphatic rings. The van der Waals surface area contributed by atoms with Gasteiger partial charge in [0.1, 0.15) is 0 Å². The first-order valence-corrected chi connectivity index (χ1v) is 6.47. The number of hydrogen-bond donors (Lipinski definition) is 2. The number of hydrogen-bond acceptors (Lipinski definition) is 2. The van der Waals surface area contributed by atoms with Crippen LogP contribution in [-0.2, 0) is 4.75 Å². The third-order valence-electron chi connectivity index (χ3n) is 3.27. The average Bonchev–Trinajstić information content (AvgIpc) is 2.38. The van der Waals surface area contributed by atoms with Gasteiger partial charge in [-0.3, -0.25) is 0 Å². The molecule has 0 spiro atoms. The molecule has 0 atom stereocenters. The van der Waals surface area contributed by atoms with Crippen LogP contribution in [0.2, 0.25) is 0 Å². The van der Waals surface area contributed by atoms with Gasteiger partial charge >= 0.3 is 0 Å². The molecule has 2 aromatic carbocycles. The van der Waals surface area contributed by atoms with Crippen molar-refractivity contribution in [3.8, 4) is 0 Å². The van der Waals surface area contributed by atoms with Gasteiger partial charge in [0.25, 0.3) is 0 Å². The van der Waals surface area contributed by atoms with Crippen molar-refractivity contribution in [2.45, 2.75) is 24.2 Å². The highest BCUT2D eigenvalue weighted by Gasteiger charge is 2.43. The van der Waals surface area contributed by atoms with Gasteiger partial charge in [-0.25, -0.2) is 0 Å². The predicted molar refractivity (Wildman–Crippen MR) is 78.9 cm³/mol. The van der Waals surface area contributed by atoms with Gasteiger partial charge in [0.2, 0.25) is 0 Å². The second-order valence-corrected chi connectivity index (χ2v) is 5.67. The lowest BCUT2D eigenvalue weighted by Crippen LogP contribution is -2.44. The Labute approximate surface area is 114 Å². The summed E-state index contributed by atoms with van der Waals surface area (Å²) in [6.45, 7) is 3.58. The minimum absolute atomic E-state index is 0.727. The third kappa shape index (κ3) is 2.18. The van der Waals surface area contributed by atoms with Crippen LogP contribution in [0, 0.1) is 0 Å². The van der Waals surface area contributed by atoms with E-state index in [4.69, 9.17) is 12.6 Å². The Bertz CT molecular complexity index is 460. The summed E-state index contributed by atoms with van der Waals surface area (Å²) in [5, 5.41) is 10.6. The highest BCUT2D eigenvalue weighted by atomic mass is 32.1. The topological polar surface area (TPSA) is 20.2 Å². The van der Waals surface area contributed by atoms with Crippen LogP contribution in [0.4, 0.5) is 0 Å². The maximum Gasteiger partial charge on any atom is 0.0909 e. The first-order chi connectivity index (χ1) is 8.46. The monoisotopic (exact) mass is 258 g/mol. The highest BCUT2D eigenvalue weighted by Crippen LogP contribution is 2.44. The largest absolute Gasteiger partial charge is 0.388 e. The van der Waals surface area contributed by atoms with Gasteiger partial charge in [-0.15, -0.1) is 0 Å². The van der Waals surface area contributed by atoms with Gasteiger partial charge in [-0.2, -0.15) is 12.6 Å². The molecule has 2 rings (SSSR count). The molecular weight excluding hydrogens is 240 g/mol. The van der Waals surface area contributed by atoms with E-state index < -0.39 is 10.3 Å². The van der Waals surface area contributed by atoms with Crippen molar-refractivity contribution in [3.63, 3.8) is 0 Å². The van der Waals surface area contributed by atoms with Crippen LogP contribution < -0.4 is 0 Å². The van der Waals surface area contributed by atoms with Crippen molar-refractivity contribution in [2.24, 2.45) is 0 Å². The summed E-state index contributed by atoms with van der Waals surface area (Å²) in [6.07, 6.45) is 0. The van der Waals surface area contributed by atoms with Crippen LogP contribution in [0.1, 0.15) is 25.0 Å². The molecule has 0 radical (unpaired) electrons. The number of thiol groups is 1. The van der Waals surface area contributed by atoms with E-state index in [1.807, 2.05) is 60.7 Å². The van der Waals surface area contributed by atoms with Crippen LogP contribution in [0.15, 0.2) is 60.7 Å². The molecule has 0 bridgehead atoms. The molecule has 0 aliphatic carbocycles. The molecule has 0 saturated heterocycles. The second-order valence-electron chi connectivity index (χ2n) is 5.00. The van der Waals surface area contributed by atoms with E-state index in [1.165, 1.54) is 0 Å². The molecule has 0 fully saturated rings. The molecule has 2 aromatic rings. The molecule has 18 heavy (non-hydrogen) atoms. The normalized spacial score (nSPS) is 12.4. The maximum absolute atomic E-state index is 10.6. The molecule has 0 saturated carbocycles. The Morgan fingerprint density at radius 2 is 1.11 bits per heavy atom. The van der Waals surface area contributed by atoms with Gasteiger partial charge in [0.05, 0.1) is 10.3 Å². The molecule has 2 heteroatoms. The fourth-order valence-corrected chi connectivity index (χ4v) is 2.53. The summed E-state index contributed by atoms with van der Waals surface area (Å²) < 4.78 is -0.727. The third-order valence-corrected chi connectivity index (χ3v) is 4.33. The summed E-state index contributed by atoms with van der Waals surface area (Å²) in [4.78, 5) is 0. The molecule has 0 amide bonds. The first kappa shape index (κ1) is 13.2. The Kier molecular flexibility index (Phi) is 3.51. The standard InChI is InChI=1S/C16H18OS/c1-15(2,17)16(18,13-9-5-3-6-10-13)14-11-7-4-8-12-14/h3-12,17-18H,1-2H3. The van der Waals surface area contributed by atoms with Gasteiger partial charge in [-0.05, 0) is 25.0 Å². The fraction of sp³-hybridized carbons (Fsp3) is 0.250. The van der Waals surface area contributed by atoms with Gasteiger partial charge in [-0.1, -0.05) is 60.7 Å². The lowest BCUT2D eigenvalue weighted by atomic mass is 9.78. The number of aliphatic hydroxyl groups is 1. The van der Waals surface area contributed by atoms with Gasteiger partial charge < -0.3 is 5.11 Å². The predicted octanol–water partition coefficient (Wildman–Crippen LogP) is 3.63. The van der Waals surface area contributed by atoms with E-state index in [1.54, 1.807) is 13.8 Å². The van der Waals surface area contributed by atoms with E-state index in [2.05, 4.69) is 0 Å². The summed E-state index contributed by atoms with van der Waals surface area (Å²) in [5.74, 6) is 0. The van der Waals surface area contributed by atoms with Crippen LogP contribution in [-0.4, -0.2) is 10.7 Å². The van der Waals surface area contributed by atoms with Crippen LogP contribution in [0.25, 0.3) is 0 Å². The van der Waals surface area contributed by atoms with E-state index in [0.29, 0.717) is 0 Å². The lowest BCUT2D eigenvalue weighted by Gasteiger charge is -2.40. The van der Waals surface area contributed by atoms with Crippen LogP contribution in [0.5, 0.6) is 0 Å². The maximum atomic E-state index is 10.6. The Morgan fingerprint density at radius 1 is 0.778 bits per heavy atom. The lowest BCUT2D eigenvalue weighted by molar-refractivity contribution is 0.0501. The van der Waals surface area contributed by atoms with Gasteiger partial charge in [0.15, 0.2) is 0 Å². The molecule has 0 unspecified atom stereocenters. The van der Waals surface area contributed by atoms with Crippen molar-refractivity contribution >= 4 is 12.6 Å². The molecule has 0 aliphatic heterocycles. The van der Waals surface area contributed by atoms with Crippen LogP contribution in [0.3, 0.4) is 0 Å². The SMILES string of the molecule is CC(C)(O)C(S)(c1ccccc1)c1ccccc1. The first-order valence-electron chi connectivity index (χ1n) is 6.02. The van der Waals surface area contributed by atoms with E-state index in [-0.39, 0.29) is 0 Å². The summed E-state index contributed by atoms with van der Waals surface area (Å²) in [5.41, 5.74) is 1.01. The van der Waals surface area contributed by atoms with Crippen LogP contribution >= 0.6 is 12.6 Å². The molecular formula is C16H18OS. The second kappa shape index (κ2) is 4.79. The van der Waals surface area contributed by atoms with Crippen molar-refractivity contribution in [2.75, 3.05) is 0 Å². The summed E-state index contributed by atoms with van der Waals surface area (Å²) >= 11 is 4.83. The average molecular weight is 258 g/mol. The Morgan fingerprint density at radius 3 is 1.39 bits per heavy atom. The molecule has 1 nitrogen and oxygen atoms in total. The number of rotatable bonds is 3. The molecule has 94 valence electrons. The van der Waals surface area contributed by atoms with Crippen molar-refractivity contribution in [1.29, 1.82) is 0 Å². The quantitative estimate of drug-likeness (QED) is 0.806. The van der Waals surface area contributed by atoms with Crippen molar-refractivity contribution < 1.29 is 5.11 Å². The van der Waals surface area contributed by atoms with E-state index in [9.17, 15) is 5.11 Å². The smallest absolute Gasteiger partial charge is 0.0909 e. The van der Waals surface area contributed by atoms with E-state index >= 15 is 0 Å². The molecule has 1 N–H and O–H groups in total. The highest BCUT2D eigenvalue weighted by molar-refractivity contribution is 7.81. The molecule has 0 heterocycles. The number of benzene rings is 2. The minimum Gasteiger partial charge on any atom is -0.388 e.